The smallest absolute Gasteiger partial charge is 0.252 e. The summed E-state index contributed by atoms with van der Waals surface area (Å²) in [5.74, 6) is 0. The first kappa shape index (κ1) is 14.2. The van der Waals surface area contributed by atoms with E-state index < -0.39 is 15.7 Å². The Morgan fingerprint density at radius 3 is 1.41 bits per heavy atom. The van der Waals surface area contributed by atoms with Crippen molar-refractivity contribution >= 4 is 50.5 Å². The first-order valence-electron chi connectivity index (χ1n) is 4.51. The Balaban J connectivity index is 3.76. The van der Waals surface area contributed by atoms with Crippen LogP contribution in [0.4, 0.5) is 0 Å². The summed E-state index contributed by atoms with van der Waals surface area (Å²) in [5.41, 5.74) is 0.853. The maximum atomic E-state index is 11.3. The van der Waals surface area contributed by atoms with Crippen molar-refractivity contribution in [3.63, 3.8) is 0 Å². The molecule has 90 valence electrons. The minimum absolute atomic E-state index is 0.0465. The first-order valence-corrected chi connectivity index (χ1v) is 5.64. The van der Waals surface area contributed by atoms with Crippen molar-refractivity contribution in [2.75, 3.05) is 0 Å². The standard InChI is InChI=1S/C11H7Cl3O3/c1-4-6(9(12)15)3-7(10(13)16)5(2)8(4)11(14)17/h3H,1-2H3. The second kappa shape index (κ2) is 5.17. The number of carbonyl (C=O) groups is 3. The molecule has 0 saturated carbocycles. The average Bonchev–Trinajstić information content (AvgIpc) is 2.15. The van der Waals surface area contributed by atoms with E-state index in [9.17, 15) is 14.4 Å². The van der Waals surface area contributed by atoms with Crippen LogP contribution in [0.2, 0.25) is 0 Å². The maximum Gasteiger partial charge on any atom is 0.252 e. The van der Waals surface area contributed by atoms with Gasteiger partial charge in [0.2, 0.25) is 0 Å². The molecule has 0 bridgehead atoms. The average molecular weight is 294 g/mol. The van der Waals surface area contributed by atoms with Gasteiger partial charge in [-0.25, -0.2) is 0 Å². The lowest BCUT2D eigenvalue weighted by Gasteiger charge is -2.12. The molecule has 0 amide bonds. The summed E-state index contributed by atoms with van der Waals surface area (Å²) in [5, 5.41) is -2.32. The van der Waals surface area contributed by atoms with E-state index in [2.05, 4.69) is 0 Å². The van der Waals surface area contributed by atoms with Gasteiger partial charge in [-0.05, 0) is 65.8 Å². The number of benzene rings is 1. The molecular formula is C11H7Cl3O3. The Morgan fingerprint density at radius 2 is 1.18 bits per heavy atom. The van der Waals surface area contributed by atoms with Gasteiger partial charge in [0.15, 0.2) is 0 Å². The fraction of sp³-hybridized carbons (Fsp3) is 0.182. The molecule has 0 spiro atoms. The summed E-state index contributed by atoms with van der Waals surface area (Å²) >= 11 is 16.2. The van der Waals surface area contributed by atoms with Crippen LogP contribution < -0.4 is 0 Å². The van der Waals surface area contributed by atoms with E-state index in [1.807, 2.05) is 0 Å². The van der Waals surface area contributed by atoms with Gasteiger partial charge in [0.1, 0.15) is 0 Å². The molecule has 0 saturated heterocycles. The monoisotopic (exact) mass is 292 g/mol. The second-order valence-electron chi connectivity index (χ2n) is 3.42. The topological polar surface area (TPSA) is 51.2 Å². The van der Waals surface area contributed by atoms with Crippen molar-refractivity contribution in [3.8, 4) is 0 Å². The molecule has 0 atom stereocenters. The SMILES string of the molecule is Cc1c(C(=O)Cl)cc(C(=O)Cl)c(C)c1C(=O)Cl. The van der Waals surface area contributed by atoms with E-state index in [4.69, 9.17) is 34.8 Å². The molecule has 0 aliphatic heterocycles. The summed E-state index contributed by atoms with van der Waals surface area (Å²) in [7, 11) is 0. The molecule has 0 fully saturated rings. The molecule has 0 aromatic heterocycles. The first-order chi connectivity index (χ1) is 7.77. The van der Waals surface area contributed by atoms with Crippen LogP contribution in [0.5, 0.6) is 0 Å². The number of hydrogen-bond acceptors (Lipinski definition) is 3. The molecule has 0 aliphatic rings. The van der Waals surface area contributed by atoms with Gasteiger partial charge in [-0.2, -0.15) is 0 Å². The van der Waals surface area contributed by atoms with E-state index in [1.54, 1.807) is 0 Å². The zero-order valence-electron chi connectivity index (χ0n) is 8.94. The van der Waals surface area contributed by atoms with E-state index in [0.29, 0.717) is 11.1 Å². The van der Waals surface area contributed by atoms with Gasteiger partial charge in [0.25, 0.3) is 15.7 Å². The van der Waals surface area contributed by atoms with Crippen molar-refractivity contribution in [2.45, 2.75) is 13.8 Å². The van der Waals surface area contributed by atoms with Crippen LogP contribution in [0, 0.1) is 13.8 Å². The minimum Gasteiger partial charge on any atom is -0.276 e. The second-order valence-corrected chi connectivity index (χ2v) is 4.45. The van der Waals surface area contributed by atoms with Gasteiger partial charge in [-0.15, -0.1) is 0 Å². The fourth-order valence-corrected chi connectivity index (χ4v) is 2.29. The van der Waals surface area contributed by atoms with Crippen LogP contribution in [-0.2, 0) is 0 Å². The number of rotatable bonds is 3. The Kier molecular flexibility index (Phi) is 4.31. The quantitative estimate of drug-likeness (QED) is 0.802. The van der Waals surface area contributed by atoms with Gasteiger partial charge in [0, 0.05) is 16.7 Å². The minimum atomic E-state index is -0.777. The Labute approximate surface area is 113 Å². The van der Waals surface area contributed by atoms with Crippen molar-refractivity contribution in [2.24, 2.45) is 0 Å². The van der Waals surface area contributed by atoms with Crippen LogP contribution in [0.1, 0.15) is 42.2 Å². The van der Waals surface area contributed by atoms with E-state index in [-0.39, 0.29) is 16.7 Å². The zero-order valence-corrected chi connectivity index (χ0v) is 11.2. The van der Waals surface area contributed by atoms with Crippen LogP contribution >= 0.6 is 34.8 Å². The number of halogens is 3. The van der Waals surface area contributed by atoms with Crippen LogP contribution in [0.25, 0.3) is 0 Å². The van der Waals surface area contributed by atoms with Crippen molar-refractivity contribution in [1.29, 1.82) is 0 Å². The third-order valence-corrected chi connectivity index (χ3v) is 3.06. The highest BCUT2D eigenvalue weighted by Gasteiger charge is 2.21. The highest BCUT2D eigenvalue weighted by molar-refractivity contribution is 6.71. The van der Waals surface area contributed by atoms with E-state index in [1.165, 1.54) is 19.9 Å². The molecule has 0 unspecified atom stereocenters. The molecular weight excluding hydrogens is 286 g/mol. The molecule has 0 aliphatic carbocycles. The lowest BCUT2D eigenvalue weighted by molar-refractivity contribution is 0.107. The highest BCUT2D eigenvalue weighted by Crippen LogP contribution is 2.26. The summed E-state index contributed by atoms with van der Waals surface area (Å²) in [6.45, 7) is 3.06. The predicted octanol–water partition coefficient (Wildman–Crippen LogP) is 3.44. The lowest BCUT2D eigenvalue weighted by atomic mass is 9.94. The van der Waals surface area contributed by atoms with Gasteiger partial charge in [0.05, 0.1) is 0 Å². The Morgan fingerprint density at radius 1 is 0.824 bits per heavy atom. The van der Waals surface area contributed by atoms with E-state index in [0.717, 1.165) is 0 Å². The fourth-order valence-electron chi connectivity index (χ4n) is 1.61. The largest absolute Gasteiger partial charge is 0.276 e. The normalized spacial score (nSPS) is 10.2. The molecule has 1 rings (SSSR count). The van der Waals surface area contributed by atoms with E-state index >= 15 is 0 Å². The summed E-state index contributed by atoms with van der Waals surface area (Å²) in [4.78, 5) is 33.7. The third-order valence-electron chi connectivity index (χ3n) is 2.47. The third kappa shape index (κ3) is 2.68. The molecule has 0 heterocycles. The van der Waals surface area contributed by atoms with Crippen molar-refractivity contribution in [1.82, 2.24) is 0 Å². The van der Waals surface area contributed by atoms with Gasteiger partial charge in [-0.1, -0.05) is 0 Å². The summed E-state index contributed by atoms with van der Waals surface area (Å²) < 4.78 is 0. The molecule has 0 radical (unpaired) electrons. The van der Waals surface area contributed by atoms with Crippen LogP contribution in [0.3, 0.4) is 0 Å². The molecule has 3 nitrogen and oxygen atoms in total. The molecule has 1 aromatic carbocycles. The molecule has 6 heteroatoms. The zero-order chi connectivity index (χ0) is 13.3. The van der Waals surface area contributed by atoms with Gasteiger partial charge < -0.3 is 0 Å². The van der Waals surface area contributed by atoms with Crippen molar-refractivity contribution < 1.29 is 14.4 Å². The Bertz CT molecular complexity index is 497. The summed E-state index contributed by atoms with van der Waals surface area (Å²) in [6, 6.07) is 1.26. The van der Waals surface area contributed by atoms with Gasteiger partial charge >= 0.3 is 0 Å². The maximum absolute atomic E-state index is 11.3. The Hall–Kier alpha value is -0.900. The van der Waals surface area contributed by atoms with Crippen LogP contribution in [0.15, 0.2) is 6.07 Å². The highest BCUT2D eigenvalue weighted by atomic mass is 35.5. The molecule has 1 aromatic rings. The van der Waals surface area contributed by atoms with Crippen molar-refractivity contribution in [3.05, 3.63) is 33.9 Å². The predicted molar refractivity (Wildman–Crippen MR) is 66.5 cm³/mol. The molecule has 0 N–H and O–H groups in total. The number of hydrogen-bond donors (Lipinski definition) is 0. The molecule has 17 heavy (non-hydrogen) atoms. The van der Waals surface area contributed by atoms with Crippen LogP contribution in [-0.4, -0.2) is 15.7 Å². The number of carbonyl (C=O) groups excluding carboxylic acids is 3. The van der Waals surface area contributed by atoms with Gasteiger partial charge in [-0.3, -0.25) is 14.4 Å². The lowest BCUT2D eigenvalue weighted by Crippen LogP contribution is -2.09. The summed E-state index contributed by atoms with van der Waals surface area (Å²) in [6.07, 6.45) is 0.